The van der Waals surface area contributed by atoms with Gasteiger partial charge in [-0.05, 0) is 79.8 Å². The summed E-state index contributed by atoms with van der Waals surface area (Å²) in [4.78, 5) is 26.9. The van der Waals surface area contributed by atoms with Crippen LogP contribution in [0.1, 0.15) is 63.9 Å². The van der Waals surface area contributed by atoms with Gasteiger partial charge in [-0.2, -0.15) is 4.37 Å². The molecule has 1 aromatic carbocycles. The number of aromatic nitrogens is 1. The van der Waals surface area contributed by atoms with Gasteiger partial charge in [0.2, 0.25) is 0 Å². The largest absolute Gasteiger partial charge is 0.465 e. The molecule has 4 N–H and O–H groups in total. The van der Waals surface area contributed by atoms with Crippen molar-refractivity contribution in [3.8, 4) is 0 Å². The van der Waals surface area contributed by atoms with Crippen LogP contribution in [0.5, 0.6) is 0 Å². The van der Waals surface area contributed by atoms with Crippen LogP contribution >= 0.6 is 11.5 Å². The minimum atomic E-state index is -0.994. The van der Waals surface area contributed by atoms with E-state index in [0.29, 0.717) is 31.0 Å². The molecule has 0 spiro atoms. The van der Waals surface area contributed by atoms with E-state index in [1.165, 1.54) is 11.5 Å². The van der Waals surface area contributed by atoms with Crippen molar-refractivity contribution in [2.24, 2.45) is 11.3 Å². The smallest absolute Gasteiger partial charge is 0.405 e. The Hall–Kier alpha value is -2.39. The lowest BCUT2D eigenvalue weighted by atomic mass is 9.70. The van der Waals surface area contributed by atoms with Crippen LogP contribution in [0.15, 0.2) is 18.2 Å². The van der Waals surface area contributed by atoms with Gasteiger partial charge in [0.05, 0.1) is 4.70 Å². The number of hydrogen-bond donors (Lipinski definition) is 4. The molecular weight excluding hydrogens is 450 g/mol. The number of nitrogens with one attached hydrogen (secondary N) is 3. The molecule has 2 amide bonds. The summed E-state index contributed by atoms with van der Waals surface area (Å²) in [5, 5.41) is 19.7. The van der Waals surface area contributed by atoms with Gasteiger partial charge >= 0.3 is 6.09 Å². The van der Waals surface area contributed by atoms with E-state index in [9.17, 15) is 14.7 Å². The molecule has 2 atom stereocenters. The van der Waals surface area contributed by atoms with E-state index in [1.54, 1.807) is 0 Å². The summed E-state index contributed by atoms with van der Waals surface area (Å²) in [6.45, 7) is 12.1. The standard InChI is InChI=1S/C25H37N5O3S/c1-5-25(24(2,3)4,28-23(32)33)10-11-26-17-6-7-18-20(14-17)34-29-21(18)22(31)27-19-15-30-12-8-16(19)9-13-30/h6-7,14,16,19,26,28H,5,8-13,15H2,1-4H3,(H,27,31)(H,32,33)/t19-,25?/m1/s1. The fraction of sp³-hybridized carbons (Fsp3) is 0.640. The average molecular weight is 488 g/mol. The number of rotatable bonds is 8. The molecule has 0 radical (unpaired) electrons. The topological polar surface area (TPSA) is 107 Å². The maximum atomic E-state index is 13.0. The van der Waals surface area contributed by atoms with Gasteiger partial charge < -0.3 is 26.0 Å². The average Bonchev–Trinajstić information content (AvgIpc) is 3.21. The molecule has 3 saturated heterocycles. The highest BCUT2D eigenvalue weighted by atomic mass is 32.1. The molecule has 0 saturated carbocycles. The molecule has 9 heteroatoms. The van der Waals surface area contributed by atoms with E-state index in [4.69, 9.17) is 0 Å². The van der Waals surface area contributed by atoms with Crippen LogP contribution in [0.25, 0.3) is 10.1 Å². The lowest BCUT2D eigenvalue weighted by Crippen LogP contribution is -2.57. The normalized spacial score (nSPS) is 23.9. The Balaban J connectivity index is 1.40. The van der Waals surface area contributed by atoms with Crippen molar-refractivity contribution in [3.63, 3.8) is 0 Å². The number of piperidine rings is 3. The number of amides is 2. The molecule has 2 bridgehead atoms. The highest BCUT2D eigenvalue weighted by Crippen LogP contribution is 2.36. The van der Waals surface area contributed by atoms with Gasteiger partial charge in [0.25, 0.3) is 5.91 Å². The fourth-order valence-corrected chi connectivity index (χ4v) is 6.44. The third kappa shape index (κ3) is 5.00. The van der Waals surface area contributed by atoms with Gasteiger partial charge in [0.1, 0.15) is 5.69 Å². The Bertz CT molecular complexity index is 1040. The zero-order chi connectivity index (χ0) is 24.5. The highest BCUT2D eigenvalue weighted by molar-refractivity contribution is 7.13. The van der Waals surface area contributed by atoms with Gasteiger partial charge in [-0.15, -0.1) is 0 Å². The molecule has 1 unspecified atom stereocenters. The fourth-order valence-electron chi connectivity index (χ4n) is 5.62. The zero-order valence-electron chi connectivity index (χ0n) is 20.6. The predicted molar refractivity (Wildman–Crippen MR) is 137 cm³/mol. The van der Waals surface area contributed by atoms with Gasteiger partial charge in [-0.3, -0.25) is 4.79 Å². The van der Waals surface area contributed by atoms with Crippen LogP contribution in [-0.4, -0.2) is 64.1 Å². The zero-order valence-corrected chi connectivity index (χ0v) is 21.4. The van der Waals surface area contributed by atoms with Crippen molar-refractivity contribution in [1.29, 1.82) is 0 Å². The molecule has 34 heavy (non-hydrogen) atoms. The molecule has 1 aromatic heterocycles. The third-order valence-electron chi connectivity index (χ3n) is 7.93. The molecule has 8 nitrogen and oxygen atoms in total. The number of nitrogens with zero attached hydrogens (tertiary/aromatic N) is 2. The van der Waals surface area contributed by atoms with Crippen LogP contribution in [0, 0.1) is 11.3 Å². The van der Waals surface area contributed by atoms with Crippen molar-refractivity contribution in [3.05, 3.63) is 23.9 Å². The van der Waals surface area contributed by atoms with Crippen LogP contribution in [0.3, 0.4) is 0 Å². The first-order chi connectivity index (χ1) is 16.1. The summed E-state index contributed by atoms with van der Waals surface area (Å²) < 4.78 is 5.44. The van der Waals surface area contributed by atoms with Crippen LogP contribution in [0.4, 0.5) is 10.5 Å². The summed E-state index contributed by atoms with van der Waals surface area (Å²) >= 11 is 1.34. The molecule has 3 fully saturated rings. The summed E-state index contributed by atoms with van der Waals surface area (Å²) in [5.74, 6) is 0.497. The lowest BCUT2D eigenvalue weighted by Gasteiger charge is -2.44. The molecule has 3 aliphatic heterocycles. The minimum absolute atomic E-state index is 0.0802. The predicted octanol–water partition coefficient (Wildman–Crippen LogP) is 4.38. The van der Waals surface area contributed by atoms with E-state index < -0.39 is 11.6 Å². The summed E-state index contributed by atoms with van der Waals surface area (Å²) in [6.07, 6.45) is 2.69. The minimum Gasteiger partial charge on any atom is -0.465 e. The van der Waals surface area contributed by atoms with Crippen LogP contribution in [-0.2, 0) is 0 Å². The third-order valence-corrected chi connectivity index (χ3v) is 8.73. The molecule has 5 rings (SSSR count). The number of carbonyl (C=O) groups excluding carboxylic acids is 1. The highest BCUT2D eigenvalue weighted by Gasteiger charge is 2.41. The van der Waals surface area contributed by atoms with E-state index in [-0.39, 0.29) is 17.4 Å². The Kier molecular flexibility index (Phi) is 7.05. The Morgan fingerprint density at radius 1 is 1.24 bits per heavy atom. The molecular formula is C25H37N5O3S. The van der Waals surface area contributed by atoms with Crippen molar-refractivity contribution in [2.45, 2.75) is 65.0 Å². The van der Waals surface area contributed by atoms with Gasteiger partial charge in [-0.25, -0.2) is 4.79 Å². The summed E-state index contributed by atoms with van der Waals surface area (Å²) in [5.41, 5.74) is 0.697. The second kappa shape index (κ2) is 9.70. The van der Waals surface area contributed by atoms with Crippen molar-refractivity contribution in [2.75, 3.05) is 31.5 Å². The number of anilines is 1. The Morgan fingerprint density at radius 2 is 1.97 bits per heavy atom. The molecule has 0 aliphatic carbocycles. The van der Waals surface area contributed by atoms with Crippen molar-refractivity contribution >= 4 is 39.3 Å². The van der Waals surface area contributed by atoms with E-state index in [1.807, 2.05) is 25.1 Å². The molecule has 186 valence electrons. The summed E-state index contributed by atoms with van der Waals surface area (Å²) in [7, 11) is 0. The number of carboxylic acid groups (broad SMARTS) is 1. The number of fused-ring (bicyclic) bond motifs is 4. The number of carbonyl (C=O) groups is 2. The van der Waals surface area contributed by atoms with Gasteiger partial charge in [-0.1, -0.05) is 27.7 Å². The quantitative estimate of drug-likeness (QED) is 0.440. The Morgan fingerprint density at radius 3 is 2.56 bits per heavy atom. The van der Waals surface area contributed by atoms with Crippen LogP contribution in [0.2, 0.25) is 0 Å². The first-order valence-corrected chi connectivity index (χ1v) is 13.1. The summed E-state index contributed by atoms with van der Waals surface area (Å²) in [6, 6.07) is 6.16. The monoisotopic (exact) mass is 487 g/mol. The van der Waals surface area contributed by atoms with E-state index >= 15 is 0 Å². The first-order valence-electron chi connectivity index (χ1n) is 12.3. The molecule has 2 aromatic rings. The van der Waals surface area contributed by atoms with Gasteiger partial charge in [0.15, 0.2) is 0 Å². The number of hydrogen-bond acceptors (Lipinski definition) is 6. The van der Waals surface area contributed by atoms with E-state index in [0.717, 1.165) is 48.2 Å². The second-order valence-corrected chi connectivity index (χ2v) is 11.6. The Labute approximate surface area is 205 Å². The van der Waals surface area contributed by atoms with Crippen molar-refractivity contribution in [1.82, 2.24) is 19.9 Å². The van der Waals surface area contributed by atoms with Crippen molar-refractivity contribution < 1.29 is 14.7 Å². The molecule has 4 heterocycles. The van der Waals surface area contributed by atoms with E-state index in [2.05, 4.69) is 46.0 Å². The van der Waals surface area contributed by atoms with Gasteiger partial charge in [0, 0.05) is 35.7 Å². The first kappa shape index (κ1) is 24.7. The lowest BCUT2D eigenvalue weighted by molar-refractivity contribution is 0.0619. The SMILES string of the molecule is CCC(CCNc1ccc2c(C(=O)N[C@@H]3CN4CCC3CC4)nsc2c1)(NC(=O)O)C(C)(C)C. The maximum Gasteiger partial charge on any atom is 0.405 e. The number of benzene rings is 1. The van der Waals surface area contributed by atoms with Crippen LogP contribution < -0.4 is 16.0 Å². The molecule has 3 aliphatic rings. The maximum absolute atomic E-state index is 13.0. The second-order valence-electron chi connectivity index (χ2n) is 10.8.